The molecule has 2 atom stereocenters. The lowest BCUT2D eigenvalue weighted by Gasteiger charge is -2.13. The fourth-order valence-electron chi connectivity index (χ4n) is 2.95. The number of hydrogen-bond donors (Lipinski definition) is 1. The van der Waals surface area contributed by atoms with Crippen molar-refractivity contribution in [1.29, 1.82) is 0 Å². The minimum absolute atomic E-state index is 0.455. The minimum atomic E-state index is 0.455. The minimum Gasteiger partial charge on any atom is -0.493 e. The molecule has 2 unspecified atom stereocenters. The zero-order valence-corrected chi connectivity index (χ0v) is 10.9. The van der Waals surface area contributed by atoms with Gasteiger partial charge in [-0.1, -0.05) is 12.1 Å². The van der Waals surface area contributed by atoms with Gasteiger partial charge in [-0.25, -0.2) is 0 Å². The third-order valence-corrected chi connectivity index (χ3v) is 4.07. The van der Waals surface area contributed by atoms with Crippen molar-refractivity contribution >= 4 is 0 Å². The van der Waals surface area contributed by atoms with Crippen molar-refractivity contribution in [2.45, 2.75) is 44.4 Å². The lowest BCUT2D eigenvalue weighted by molar-refractivity contribution is 0.107. The first-order valence-electron chi connectivity index (χ1n) is 6.86. The molecule has 3 nitrogen and oxygen atoms in total. The fourth-order valence-corrected chi connectivity index (χ4v) is 2.95. The molecule has 0 saturated heterocycles. The van der Waals surface area contributed by atoms with E-state index >= 15 is 0 Å². The normalized spacial score (nSPS) is 26.1. The number of nitrogens with one attached hydrogen (secondary N) is 1. The summed E-state index contributed by atoms with van der Waals surface area (Å²) in [5.74, 6) is 1.07. The molecule has 1 N–H and O–H groups in total. The van der Waals surface area contributed by atoms with E-state index in [1.165, 1.54) is 24.0 Å². The second kappa shape index (κ2) is 5.29. The van der Waals surface area contributed by atoms with E-state index in [9.17, 15) is 0 Å². The maximum absolute atomic E-state index is 5.52. The third kappa shape index (κ3) is 2.52. The van der Waals surface area contributed by atoms with Crippen LogP contribution in [0.1, 0.15) is 30.4 Å². The molecule has 0 radical (unpaired) electrons. The Bertz CT molecular complexity index is 419. The summed E-state index contributed by atoms with van der Waals surface area (Å²) < 4.78 is 10.9. The number of rotatable bonds is 4. The van der Waals surface area contributed by atoms with Gasteiger partial charge in [0.05, 0.1) is 12.7 Å². The Kier molecular flexibility index (Phi) is 3.52. The molecule has 0 spiro atoms. The molecule has 0 aromatic heterocycles. The summed E-state index contributed by atoms with van der Waals surface area (Å²) in [6.45, 7) is 1.79. The highest BCUT2D eigenvalue weighted by atomic mass is 16.5. The van der Waals surface area contributed by atoms with Gasteiger partial charge >= 0.3 is 0 Å². The molecule has 98 valence electrons. The molecule has 3 heteroatoms. The van der Waals surface area contributed by atoms with E-state index < -0.39 is 0 Å². The Morgan fingerprint density at radius 2 is 2.33 bits per heavy atom. The molecule has 0 bridgehead atoms. The van der Waals surface area contributed by atoms with Crippen molar-refractivity contribution in [1.82, 2.24) is 5.32 Å². The van der Waals surface area contributed by atoms with Crippen LogP contribution in [0.15, 0.2) is 18.2 Å². The Labute approximate surface area is 108 Å². The molecule has 1 aliphatic heterocycles. The monoisotopic (exact) mass is 247 g/mol. The van der Waals surface area contributed by atoms with Crippen molar-refractivity contribution in [2.75, 3.05) is 13.7 Å². The number of methoxy groups -OCH3 is 1. The molecular weight excluding hydrogens is 226 g/mol. The van der Waals surface area contributed by atoms with Crippen LogP contribution in [0.25, 0.3) is 0 Å². The smallest absolute Gasteiger partial charge is 0.122 e. The zero-order chi connectivity index (χ0) is 12.4. The highest BCUT2D eigenvalue weighted by Gasteiger charge is 2.23. The summed E-state index contributed by atoms with van der Waals surface area (Å²) in [6.07, 6.45) is 5.07. The van der Waals surface area contributed by atoms with Gasteiger partial charge in [0.15, 0.2) is 0 Å². The van der Waals surface area contributed by atoms with E-state index in [2.05, 4.69) is 23.5 Å². The van der Waals surface area contributed by atoms with Crippen molar-refractivity contribution in [3.63, 3.8) is 0 Å². The van der Waals surface area contributed by atoms with Gasteiger partial charge in [-0.2, -0.15) is 0 Å². The van der Waals surface area contributed by atoms with Crippen LogP contribution in [-0.4, -0.2) is 25.9 Å². The van der Waals surface area contributed by atoms with E-state index in [0.717, 1.165) is 31.7 Å². The van der Waals surface area contributed by atoms with E-state index in [1.54, 1.807) is 0 Å². The van der Waals surface area contributed by atoms with Gasteiger partial charge in [0.25, 0.3) is 0 Å². The summed E-state index contributed by atoms with van der Waals surface area (Å²) in [6, 6.07) is 7.16. The quantitative estimate of drug-likeness (QED) is 0.885. The van der Waals surface area contributed by atoms with Gasteiger partial charge < -0.3 is 14.8 Å². The standard InChI is InChI=1S/C15H21NO2/c1-17-14-4-3-13(9-14)16-10-11-2-5-15-12(8-11)6-7-18-15/h2,5,8,13-14,16H,3-4,6-7,9-10H2,1H3. The Morgan fingerprint density at radius 1 is 1.39 bits per heavy atom. The van der Waals surface area contributed by atoms with Gasteiger partial charge in [-0.15, -0.1) is 0 Å². The number of benzene rings is 1. The van der Waals surface area contributed by atoms with Crippen LogP contribution in [0, 0.1) is 0 Å². The summed E-state index contributed by atoms with van der Waals surface area (Å²) >= 11 is 0. The highest BCUT2D eigenvalue weighted by Crippen LogP contribution is 2.26. The largest absolute Gasteiger partial charge is 0.493 e. The van der Waals surface area contributed by atoms with Crippen molar-refractivity contribution < 1.29 is 9.47 Å². The lowest BCUT2D eigenvalue weighted by Crippen LogP contribution is -2.26. The van der Waals surface area contributed by atoms with Crippen LogP contribution < -0.4 is 10.1 Å². The number of fused-ring (bicyclic) bond motifs is 1. The molecule has 2 aliphatic rings. The van der Waals surface area contributed by atoms with Gasteiger partial charge in [0, 0.05) is 26.1 Å². The van der Waals surface area contributed by atoms with E-state index in [4.69, 9.17) is 9.47 Å². The van der Waals surface area contributed by atoms with Gasteiger partial charge in [0.1, 0.15) is 5.75 Å². The van der Waals surface area contributed by atoms with Crippen LogP contribution in [-0.2, 0) is 17.7 Å². The molecule has 1 fully saturated rings. The SMILES string of the molecule is COC1CCC(NCc2ccc3c(c2)CCO3)C1. The van der Waals surface area contributed by atoms with Crippen LogP contribution in [0.4, 0.5) is 0 Å². The fraction of sp³-hybridized carbons (Fsp3) is 0.600. The first-order valence-corrected chi connectivity index (χ1v) is 6.86. The van der Waals surface area contributed by atoms with Crippen molar-refractivity contribution in [3.8, 4) is 5.75 Å². The average molecular weight is 247 g/mol. The summed E-state index contributed by atoms with van der Waals surface area (Å²) in [4.78, 5) is 0. The second-order valence-electron chi connectivity index (χ2n) is 5.29. The lowest BCUT2D eigenvalue weighted by atomic mass is 10.1. The van der Waals surface area contributed by atoms with Crippen LogP contribution in [0.5, 0.6) is 5.75 Å². The molecule has 3 rings (SSSR count). The Morgan fingerprint density at radius 3 is 3.17 bits per heavy atom. The number of hydrogen-bond acceptors (Lipinski definition) is 3. The molecule has 1 aromatic carbocycles. The highest BCUT2D eigenvalue weighted by molar-refractivity contribution is 5.39. The summed E-state index contributed by atoms with van der Waals surface area (Å²) in [7, 11) is 1.81. The van der Waals surface area contributed by atoms with Crippen LogP contribution in [0.3, 0.4) is 0 Å². The van der Waals surface area contributed by atoms with E-state index in [1.807, 2.05) is 7.11 Å². The topological polar surface area (TPSA) is 30.5 Å². The molecule has 1 aliphatic carbocycles. The third-order valence-electron chi connectivity index (χ3n) is 4.07. The predicted octanol–water partition coefficient (Wildman–Crippen LogP) is 2.28. The molecule has 0 amide bonds. The van der Waals surface area contributed by atoms with Crippen LogP contribution in [0.2, 0.25) is 0 Å². The second-order valence-corrected chi connectivity index (χ2v) is 5.29. The first-order chi connectivity index (χ1) is 8.85. The number of ether oxygens (including phenoxy) is 2. The average Bonchev–Trinajstić information content (AvgIpc) is 3.04. The molecule has 1 saturated carbocycles. The van der Waals surface area contributed by atoms with Crippen LogP contribution >= 0.6 is 0 Å². The molecule has 18 heavy (non-hydrogen) atoms. The van der Waals surface area contributed by atoms with Crippen molar-refractivity contribution in [3.05, 3.63) is 29.3 Å². The zero-order valence-electron chi connectivity index (χ0n) is 10.9. The Balaban J connectivity index is 1.54. The summed E-state index contributed by atoms with van der Waals surface area (Å²) in [5, 5.41) is 3.63. The van der Waals surface area contributed by atoms with Gasteiger partial charge in [-0.05, 0) is 36.5 Å². The predicted molar refractivity (Wildman–Crippen MR) is 70.9 cm³/mol. The molecular formula is C15H21NO2. The van der Waals surface area contributed by atoms with E-state index in [-0.39, 0.29) is 0 Å². The maximum Gasteiger partial charge on any atom is 0.122 e. The van der Waals surface area contributed by atoms with Gasteiger partial charge in [0.2, 0.25) is 0 Å². The summed E-state index contributed by atoms with van der Waals surface area (Å²) in [5.41, 5.74) is 2.72. The van der Waals surface area contributed by atoms with Crippen molar-refractivity contribution in [2.24, 2.45) is 0 Å². The van der Waals surface area contributed by atoms with E-state index in [0.29, 0.717) is 12.1 Å². The maximum atomic E-state index is 5.52. The Hall–Kier alpha value is -1.06. The molecule has 1 heterocycles. The van der Waals surface area contributed by atoms with Gasteiger partial charge in [-0.3, -0.25) is 0 Å². The first kappa shape index (κ1) is 12.0. The molecule has 1 aromatic rings.